The molecule has 0 bridgehead atoms. The van der Waals surface area contributed by atoms with Crippen LogP contribution in [0.2, 0.25) is 5.02 Å². The van der Waals surface area contributed by atoms with Crippen LogP contribution < -0.4 is 10.1 Å². The number of hydrogen-bond donors (Lipinski definition) is 1. The van der Waals surface area contributed by atoms with Gasteiger partial charge >= 0.3 is 12.2 Å². The Labute approximate surface area is 175 Å². The number of alkyl halides is 3. The van der Waals surface area contributed by atoms with Crippen molar-refractivity contribution in [2.75, 3.05) is 13.7 Å². The fraction of sp³-hybridized carbons (Fsp3) is 0.316. The van der Waals surface area contributed by atoms with Crippen molar-refractivity contribution in [2.45, 2.75) is 26.2 Å². The highest BCUT2D eigenvalue weighted by Gasteiger charge is 2.32. The number of rotatable bonds is 6. The summed E-state index contributed by atoms with van der Waals surface area (Å²) in [6, 6.07) is 7.70. The predicted molar refractivity (Wildman–Crippen MR) is 104 cm³/mol. The van der Waals surface area contributed by atoms with Gasteiger partial charge in [-0.1, -0.05) is 23.7 Å². The van der Waals surface area contributed by atoms with E-state index in [0.29, 0.717) is 13.2 Å². The minimum atomic E-state index is -4.57. The molecule has 11 heteroatoms. The summed E-state index contributed by atoms with van der Waals surface area (Å²) in [6.45, 7) is 2.67. The normalized spacial score (nSPS) is 11.5. The second kappa shape index (κ2) is 8.78. The zero-order chi connectivity index (χ0) is 21.9. The van der Waals surface area contributed by atoms with E-state index in [1.165, 1.54) is 4.90 Å². The molecule has 0 unspecified atom stereocenters. The van der Waals surface area contributed by atoms with Crippen LogP contribution in [0.4, 0.5) is 18.0 Å². The van der Waals surface area contributed by atoms with E-state index in [0.717, 1.165) is 28.0 Å². The largest absolute Gasteiger partial charge is 0.494 e. The van der Waals surface area contributed by atoms with Gasteiger partial charge in [0.1, 0.15) is 5.75 Å². The Morgan fingerprint density at radius 2 is 1.97 bits per heavy atom. The van der Waals surface area contributed by atoms with Crippen molar-refractivity contribution >= 4 is 23.3 Å². The molecular formula is C19H19ClF3N5O2. The number of hydrogen-bond acceptors (Lipinski definition) is 4. The van der Waals surface area contributed by atoms with Gasteiger partial charge < -0.3 is 15.0 Å². The van der Waals surface area contributed by atoms with Crippen LogP contribution in [0.3, 0.4) is 0 Å². The van der Waals surface area contributed by atoms with Crippen LogP contribution in [0.15, 0.2) is 36.5 Å². The maximum absolute atomic E-state index is 13.0. The first-order valence-electron chi connectivity index (χ1n) is 9.00. The molecule has 7 nitrogen and oxygen atoms in total. The summed E-state index contributed by atoms with van der Waals surface area (Å²) in [5.41, 5.74) is 0.0438. The Bertz CT molecular complexity index is 1040. The molecule has 3 aromatic rings. The minimum absolute atomic E-state index is 0.0802. The minimum Gasteiger partial charge on any atom is -0.494 e. The van der Waals surface area contributed by atoms with E-state index in [2.05, 4.69) is 15.5 Å². The number of fused-ring (bicyclic) bond motifs is 1. The molecule has 0 saturated carbocycles. The van der Waals surface area contributed by atoms with E-state index in [9.17, 15) is 18.0 Å². The number of carbonyl (C=O) groups is 1. The van der Waals surface area contributed by atoms with Gasteiger partial charge in [-0.3, -0.25) is 4.40 Å². The Morgan fingerprint density at radius 1 is 1.27 bits per heavy atom. The van der Waals surface area contributed by atoms with E-state index >= 15 is 0 Å². The van der Waals surface area contributed by atoms with Crippen molar-refractivity contribution in [3.63, 3.8) is 0 Å². The smallest absolute Gasteiger partial charge is 0.417 e. The highest BCUT2D eigenvalue weighted by atomic mass is 35.5. The first kappa shape index (κ1) is 21.7. The van der Waals surface area contributed by atoms with Gasteiger partial charge in [-0.2, -0.15) is 13.2 Å². The first-order valence-corrected chi connectivity index (χ1v) is 9.38. The van der Waals surface area contributed by atoms with E-state index in [4.69, 9.17) is 16.3 Å². The molecule has 0 atom stereocenters. The summed E-state index contributed by atoms with van der Waals surface area (Å²) in [6.07, 6.45) is -3.72. The number of nitrogens with zero attached hydrogens (tertiary/aromatic N) is 4. The summed E-state index contributed by atoms with van der Waals surface area (Å²) in [4.78, 5) is 13.8. The second-order valence-electron chi connectivity index (χ2n) is 6.48. The summed E-state index contributed by atoms with van der Waals surface area (Å²) >= 11 is 5.89. The van der Waals surface area contributed by atoms with Crippen LogP contribution in [0.1, 0.15) is 23.9 Å². The third-order valence-electron chi connectivity index (χ3n) is 4.26. The molecule has 0 aliphatic heterocycles. The van der Waals surface area contributed by atoms with Crippen LogP contribution in [-0.4, -0.2) is 39.2 Å². The van der Waals surface area contributed by atoms with E-state index in [1.54, 1.807) is 7.05 Å². The number of carbonyl (C=O) groups excluding carboxylic acids is 1. The third kappa shape index (κ3) is 4.93. The number of ether oxygens (including phenoxy) is 1. The van der Waals surface area contributed by atoms with E-state index in [1.807, 2.05) is 31.2 Å². The SMILES string of the molecule is CCOc1ccc(CN(C)C(=O)NCc2nnc3c(Cl)cc(C(F)(F)F)cn23)cc1. The summed E-state index contributed by atoms with van der Waals surface area (Å²) in [7, 11) is 1.60. The van der Waals surface area contributed by atoms with Crippen LogP contribution in [0, 0.1) is 0 Å². The molecule has 0 spiro atoms. The molecule has 0 fully saturated rings. The van der Waals surface area contributed by atoms with E-state index < -0.39 is 17.8 Å². The monoisotopic (exact) mass is 441 g/mol. The predicted octanol–water partition coefficient (Wildman–Crippen LogP) is 4.14. The number of benzene rings is 1. The fourth-order valence-electron chi connectivity index (χ4n) is 2.77. The highest BCUT2D eigenvalue weighted by Crippen LogP contribution is 2.32. The van der Waals surface area contributed by atoms with Crippen molar-refractivity contribution in [3.05, 3.63) is 58.5 Å². The van der Waals surface area contributed by atoms with Crippen molar-refractivity contribution in [3.8, 4) is 5.75 Å². The quantitative estimate of drug-likeness (QED) is 0.624. The van der Waals surface area contributed by atoms with Crippen LogP contribution in [-0.2, 0) is 19.3 Å². The van der Waals surface area contributed by atoms with Crippen LogP contribution >= 0.6 is 11.6 Å². The molecule has 0 aliphatic carbocycles. The molecule has 0 aliphatic rings. The second-order valence-corrected chi connectivity index (χ2v) is 6.88. The molecule has 2 amide bonds. The number of pyridine rings is 1. The number of aromatic nitrogens is 3. The van der Waals surface area contributed by atoms with Crippen molar-refractivity contribution in [1.82, 2.24) is 24.8 Å². The highest BCUT2D eigenvalue weighted by molar-refractivity contribution is 6.33. The Balaban J connectivity index is 1.66. The lowest BCUT2D eigenvalue weighted by Crippen LogP contribution is -2.36. The molecule has 30 heavy (non-hydrogen) atoms. The van der Waals surface area contributed by atoms with Crippen LogP contribution in [0.25, 0.3) is 5.65 Å². The Kier molecular flexibility index (Phi) is 6.35. The maximum atomic E-state index is 13.0. The lowest BCUT2D eigenvalue weighted by Gasteiger charge is -2.18. The zero-order valence-electron chi connectivity index (χ0n) is 16.2. The Hall–Kier alpha value is -3.01. The first-order chi connectivity index (χ1) is 14.2. The molecule has 2 heterocycles. The fourth-order valence-corrected chi connectivity index (χ4v) is 3.01. The van der Waals surface area contributed by atoms with Crippen molar-refractivity contribution < 1.29 is 22.7 Å². The molecule has 1 aromatic carbocycles. The van der Waals surface area contributed by atoms with Gasteiger partial charge in [0, 0.05) is 19.8 Å². The van der Waals surface area contributed by atoms with Gasteiger partial charge in [0.25, 0.3) is 0 Å². The number of urea groups is 1. The van der Waals surface area contributed by atoms with Gasteiger partial charge in [-0.15, -0.1) is 10.2 Å². The average Bonchev–Trinajstić information content (AvgIpc) is 3.11. The lowest BCUT2D eigenvalue weighted by molar-refractivity contribution is -0.137. The molecule has 1 N–H and O–H groups in total. The average molecular weight is 442 g/mol. The van der Waals surface area contributed by atoms with Gasteiger partial charge in [0.2, 0.25) is 0 Å². The zero-order valence-corrected chi connectivity index (χ0v) is 17.0. The molecule has 3 rings (SSSR count). The Morgan fingerprint density at radius 3 is 2.60 bits per heavy atom. The molecule has 2 aromatic heterocycles. The van der Waals surface area contributed by atoms with Gasteiger partial charge in [0.15, 0.2) is 11.5 Å². The van der Waals surface area contributed by atoms with Gasteiger partial charge in [0.05, 0.1) is 23.7 Å². The topological polar surface area (TPSA) is 71.8 Å². The molecule has 0 radical (unpaired) electrons. The third-order valence-corrected chi connectivity index (χ3v) is 4.53. The molecule has 0 saturated heterocycles. The maximum Gasteiger partial charge on any atom is 0.417 e. The standard InChI is InChI=1S/C19H19ClF3N5O2/c1-3-30-14-6-4-12(5-7-14)10-27(2)18(29)24-9-16-25-26-17-15(20)8-13(11-28(16)17)19(21,22)23/h4-8,11H,3,9-10H2,1-2H3,(H,24,29). The van der Waals surface area contributed by atoms with Gasteiger partial charge in [-0.25, -0.2) is 4.79 Å². The van der Waals surface area contributed by atoms with E-state index in [-0.39, 0.29) is 23.0 Å². The summed E-state index contributed by atoms with van der Waals surface area (Å²) in [5.74, 6) is 0.866. The molecular weight excluding hydrogens is 423 g/mol. The number of nitrogens with one attached hydrogen (secondary N) is 1. The number of amides is 2. The summed E-state index contributed by atoms with van der Waals surface area (Å²) < 4.78 is 45.6. The summed E-state index contributed by atoms with van der Waals surface area (Å²) in [5, 5.41) is 10.1. The lowest BCUT2D eigenvalue weighted by atomic mass is 10.2. The van der Waals surface area contributed by atoms with Crippen LogP contribution in [0.5, 0.6) is 5.75 Å². The van der Waals surface area contributed by atoms with Crippen molar-refractivity contribution in [1.29, 1.82) is 0 Å². The molecule has 160 valence electrons. The number of halogens is 4. The van der Waals surface area contributed by atoms with Crippen molar-refractivity contribution in [2.24, 2.45) is 0 Å². The van der Waals surface area contributed by atoms with Gasteiger partial charge in [-0.05, 0) is 30.7 Å².